The van der Waals surface area contributed by atoms with Crippen LogP contribution in [0.15, 0.2) is 60.7 Å². The van der Waals surface area contributed by atoms with Crippen molar-refractivity contribution in [1.29, 1.82) is 0 Å². The maximum absolute atomic E-state index is 2.26. The van der Waals surface area contributed by atoms with E-state index in [4.69, 9.17) is 0 Å². The summed E-state index contributed by atoms with van der Waals surface area (Å²) in [5.74, 6) is 0. The molecule has 0 nitrogen and oxygen atoms in total. The second-order valence-electron chi connectivity index (χ2n) is 3.27. The summed E-state index contributed by atoms with van der Waals surface area (Å²) in [6, 6.07) is 21.8. The Balaban J connectivity index is 2.34. The zero-order chi connectivity index (χ0) is 10.5. The van der Waals surface area contributed by atoms with Crippen LogP contribution in [-0.2, 0) is 0 Å². The Morgan fingerprint density at radius 3 is 1.47 bits per heavy atom. The quantitative estimate of drug-likeness (QED) is 0.773. The van der Waals surface area contributed by atoms with Crippen molar-refractivity contribution in [2.24, 2.45) is 0 Å². The van der Waals surface area contributed by atoms with Crippen LogP contribution in [0.3, 0.4) is 0 Å². The molecule has 2 heteroatoms. The van der Waals surface area contributed by atoms with Crippen LogP contribution in [0.5, 0.6) is 0 Å². The van der Waals surface area contributed by atoms with Gasteiger partial charge in [-0.05, 0) is 0 Å². The molecule has 0 saturated carbocycles. The number of hydrogen-bond acceptors (Lipinski definition) is 1. The minimum atomic E-state index is -1.31. The molecule has 0 saturated heterocycles. The van der Waals surface area contributed by atoms with Gasteiger partial charge in [-0.3, -0.25) is 0 Å². The summed E-state index contributed by atoms with van der Waals surface area (Å²) in [5, 5.41) is 0. The van der Waals surface area contributed by atoms with Gasteiger partial charge in [-0.2, -0.15) is 0 Å². The molecule has 0 amide bonds. The molecular formula is C13H13GeS. The first-order chi connectivity index (χ1) is 7.42. The molecule has 0 aromatic heterocycles. The number of benzene rings is 2. The Labute approximate surface area is 98.8 Å². The van der Waals surface area contributed by atoms with E-state index in [9.17, 15) is 0 Å². The van der Waals surface area contributed by atoms with Gasteiger partial charge >= 0.3 is 99.0 Å². The molecule has 0 heterocycles. The molecule has 0 atom stereocenters. The Morgan fingerprint density at radius 1 is 0.733 bits per heavy atom. The second kappa shape index (κ2) is 5.43. The van der Waals surface area contributed by atoms with Crippen molar-refractivity contribution in [2.75, 3.05) is 6.26 Å². The molecule has 0 aliphatic rings. The zero-order valence-corrected chi connectivity index (χ0v) is 11.6. The molecule has 0 unspecified atom stereocenters. The van der Waals surface area contributed by atoms with E-state index in [2.05, 4.69) is 66.9 Å². The van der Waals surface area contributed by atoms with Crippen LogP contribution in [0.4, 0.5) is 0 Å². The van der Waals surface area contributed by atoms with Crippen LogP contribution in [-0.4, -0.2) is 19.5 Å². The van der Waals surface area contributed by atoms with E-state index in [1.807, 2.05) is 10.1 Å². The maximum atomic E-state index is 2.26. The van der Waals surface area contributed by atoms with Gasteiger partial charge in [0.05, 0.1) is 0 Å². The van der Waals surface area contributed by atoms with Gasteiger partial charge in [0, 0.05) is 0 Å². The first-order valence-corrected chi connectivity index (χ1v) is 10.8. The molecule has 0 spiro atoms. The van der Waals surface area contributed by atoms with E-state index >= 15 is 0 Å². The summed E-state index contributed by atoms with van der Waals surface area (Å²) < 4.78 is 3.08. The fourth-order valence-corrected chi connectivity index (χ4v) is 9.21. The molecule has 2 aromatic carbocycles. The zero-order valence-electron chi connectivity index (χ0n) is 8.68. The normalized spacial score (nSPS) is 10.5. The van der Waals surface area contributed by atoms with Crippen molar-refractivity contribution in [3.8, 4) is 0 Å². The predicted octanol–water partition coefficient (Wildman–Crippen LogP) is 2.16. The Hall–Kier alpha value is -0.667. The van der Waals surface area contributed by atoms with Crippen LogP contribution >= 0.6 is 10.1 Å². The topological polar surface area (TPSA) is 0 Å². The molecule has 0 fully saturated rings. The van der Waals surface area contributed by atoms with E-state index < -0.39 is 13.2 Å². The van der Waals surface area contributed by atoms with E-state index in [1.54, 1.807) is 0 Å². The van der Waals surface area contributed by atoms with Gasteiger partial charge in [-0.1, -0.05) is 0 Å². The summed E-state index contributed by atoms with van der Waals surface area (Å²) in [7, 11) is 2.04. The summed E-state index contributed by atoms with van der Waals surface area (Å²) in [5.41, 5.74) is 0. The predicted molar refractivity (Wildman–Crippen MR) is 71.4 cm³/mol. The Morgan fingerprint density at radius 2 is 1.13 bits per heavy atom. The fraction of sp³-hybridized carbons (Fsp3) is 0.0769. The molecular weight excluding hydrogens is 261 g/mol. The molecule has 0 aliphatic heterocycles. The van der Waals surface area contributed by atoms with E-state index in [-0.39, 0.29) is 0 Å². The van der Waals surface area contributed by atoms with Crippen molar-refractivity contribution < 1.29 is 0 Å². The van der Waals surface area contributed by atoms with Crippen LogP contribution in [0.25, 0.3) is 0 Å². The third-order valence-electron chi connectivity index (χ3n) is 2.28. The van der Waals surface area contributed by atoms with Crippen LogP contribution in [0, 0.1) is 0 Å². The molecule has 0 aliphatic carbocycles. The number of hydrogen-bond donors (Lipinski definition) is 0. The summed E-state index contributed by atoms with van der Waals surface area (Å²) in [6.45, 7) is 0. The average molecular weight is 274 g/mol. The Bertz CT molecular complexity index is 360. The van der Waals surface area contributed by atoms with Gasteiger partial charge in [0.15, 0.2) is 0 Å². The fourth-order valence-electron chi connectivity index (χ4n) is 1.58. The van der Waals surface area contributed by atoms with Crippen LogP contribution in [0.1, 0.15) is 0 Å². The van der Waals surface area contributed by atoms with Crippen LogP contribution < -0.4 is 8.79 Å². The van der Waals surface area contributed by atoms with Crippen molar-refractivity contribution in [2.45, 2.75) is 0 Å². The van der Waals surface area contributed by atoms with Gasteiger partial charge in [-0.25, -0.2) is 0 Å². The third kappa shape index (κ3) is 2.67. The minimum absolute atomic E-state index is 1.31. The first-order valence-electron chi connectivity index (χ1n) is 4.93. The van der Waals surface area contributed by atoms with Gasteiger partial charge in [0.1, 0.15) is 0 Å². The molecule has 0 N–H and O–H groups in total. The molecule has 2 aromatic rings. The van der Waals surface area contributed by atoms with E-state index in [0.717, 1.165) is 0 Å². The summed E-state index contributed by atoms with van der Waals surface area (Å²) >= 11 is -1.31. The molecule has 75 valence electrons. The van der Waals surface area contributed by atoms with Crippen molar-refractivity contribution >= 4 is 32.1 Å². The summed E-state index contributed by atoms with van der Waals surface area (Å²) in [6.07, 6.45) is 2.23. The molecule has 2 rings (SSSR count). The third-order valence-corrected chi connectivity index (χ3v) is 11.3. The van der Waals surface area contributed by atoms with E-state index in [0.29, 0.717) is 0 Å². The second-order valence-corrected chi connectivity index (χ2v) is 12.2. The van der Waals surface area contributed by atoms with Gasteiger partial charge in [0.25, 0.3) is 0 Å². The monoisotopic (exact) mass is 275 g/mol. The molecule has 0 bridgehead atoms. The van der Waals surface area contributed by atoms with Gasteiger partial charge in [-0.15, -0.1) is 0 Å². The standard InChI is InChI=1S/C13H13GeS/c1-15-14(12-8-4-2-5-9-12)13-10-6-3-7-11-13/h2-11H,1H3. The average Bonchev–Trinajstić information content (AvgIpc) is 2.33. The number of rotatable bonds is 3. The van der Waals surface area contributed by atoms with Crippen molar-refractivity contribution in [3.05, 3.63) is 60.7 Å². The van der Waals surface area contributed by atoms with Crippen LogP contribution in [0.2, 0.25) is 0 Å². The van der Waals surface area contributed by atoms with Crippen molar-refractivity contribution in [3.63, 3.8) is 0 Å². The first kappa shape index (κ1) is 10.8. The van der Waals surface area contributed by atoms with Gasteiger partial charge in [0.2, 0.25) is 0 Å². The summed E-state index contributed by atoms with van der Waals surface area (Å²) in [4.78, 5) is 0. The molecule has 15 heavy (non-hydrogen) atoms. The van der Waals surface area contributed by atoms with Crippen molar-refractivity contribution in [1.82, 2.24) is 0 Å². The molecule has 1 radical (unpaired) electrons. The van der Waals surface area contributed by atoms with Gasteiger partial charge < -0.3 is 0 Å². The van der Waals surface area contributed by atoms with E-state index in [1.165, 1.54) is 8.79 Å². The Kier molecular flexibility index (Phi) is 3.92. The SMILES string of the molecule is C[S][Ge]([c]1ccccc1)[c]1ccccc1.